The number of pyridine rings is 1. The normalized spacial score (nSPS) is 10.9. The SMILES string of the molecule is COc1ccc2c(ccn2CCNC(=O)c2cc(-c3ccccn3)n[nH]2)c1. The third-order valence-electron chi connectivity index (χ3n) is 4.37. The lowest BCUT2D eigenvalue weighted by Gasteiger charge is -2.07. The summed E-state index contributed by atoms with van der Waals surface area (Å²) in [7, 11) is 1.66. The molecule has 0 fully saturated rings. The highest BCUT2D eigenvalue weighted by Crippen LogP contribution is 2.21. The van der Waals surface area contributed by atoms with Crippen LogP contribution in [0.1, 0.15) is 10.5 Å². The smallest absolute Gasteiger partial charge is 0.269 e. The fraction of sp³-hybridized carbons (Fsp3) is 0.150. The first-order valence-corrected chi connectivity index (χ1v) is 8.62. The average Bonchev–Trinajstić information content (AvgIpc) is 3.36. The van der Waals surface area contributed by atoms with Crippen molar-refractivity contribution in [2.75, 3.05) is 13.7 Å². The van der Waals surface area contributed by atoms with Gasteiger partial charge in [-0.2, -0.15) is 5.10 Å². The lowest BCUT2D eigenvalue weighted by Crippen LogP contribution is -2.27. The number of amides is 1. The van der Waals surface area contributed by atoms with Crippen molar-refractivity contribution in [2.45, 2.75) is 6.54 Å². The molecule has 7 heteroatoms. The van der Waals surface area contributed by atoms with Gasteiger partial charge in [0, 0.05) is 36.4 Å². The van der Waals surface area contributed by atoms with Crippen molar-refractivity contribution >= 4 is 16.8 Å². The van der Waals surface area contributed by atoms with Crippen LogP contribution < -0.4 is 10.1 Å². The van der Waals surface area contributed by atoms with Gasteiger partial charge in [0.1, 0.15) is 17.1 Å². The van der Waals surface area contributed by atoms with Crippen LogP contribution in [0.25, 0.3) is 22.3 Å². The first-order chi connectivity index (χ1) is 13.2. The first kappa shape index (κ1) is 16.8. The molecule has 0 unspecified atom stereocenters. The van der Waals surface area contributed by atoms with Crippen molar-refractivity contribution in [3.8, 4) is 17.1 Å². The maximum atomic E-state index is 12.3. The molecule has 0 spiro atoms. The number of methoxy groups -OCH3 is 1. The zero-order valence-electron chi connectivity index (χ0n) is 14.8. The van der Waals surface area contributed by atoms with Gasteiger partial charge in [0.2, 0.25) is 0 Å². The predicted octanol–water partition coefficient (Wildman–Crippen LogP) is 2.87. The molecular formula is C20H19N5O2. The Kier molecular flexibility index (Phi) is 4.57. The van der Waals surface area contributed by atoms with Crippen LogP contribution in [0.4, 0.5) is 0 Å². The van der Waals surface area contributed by atoms with E-state index in [-0.39, 0.29) is 5.91 Å². The molecule has 0 bridgehead atoms. The summed E-state index contributed by atoms with van der Waals surface area (Å²) in [4.78, 5) is 16.6. The Labute approximate surface area is 156 Å². The van der Waals surface area contributed by atoms with Crippen molar-refractivity contribution in [3.63, 3.8) is 0 Å². The summed E-state index contributed by atoms with van der Waals surface area (Å²) in [5, 5.41) is 10.9. The molecule has 7 nitrogen and oxygen atoms in total. The van der Waals surface area contributed by atoms with Crippen LogP contribution in [-0.2, 0) is 6.54 Å². The predicted molar refractivity (Wildman–Crippen MR) is 103 cm³/mol. The van der Waals surface area contributed by atoms with E-state index in [1.807, 2.05) is 48.7 Å². The number of ether oxygens (including phenoxy) is 1. The fourth-order valence-electron chi connectivity index (χ4n) is 2.97. The molecule has 0 aliphatic carbocycles. The molecular weight excluding hydrogens is 342 g/mol. The summed E-state index contributed by atoms with van der Waals surface area (Å²) in [6.45, 7) is 1.18. The van der Waals surface area contributed by atoms with E-state index >= 15 is 0 Å². The Balaban J connectivity index is 1.38. The zero-order valence-corrected chi connectivity index (χ0v) is 14.8. The quantitative estimate of drug-likeness (QED) is 0.553. The number of nitrogens with one attached hydrogen (secondary N) is 2. The highest BCUT2D eigenvalue weighted by atomic mass is 16.5. The number of nitrogens with zero attached hydrogens (tertiary/aromatic N) is 3. The summed E-state index contributed by atoms with van der Waals surface area (Å²) in [6, 6.07) is 15.3. The van der Waals surface area contributed by atoms with Crippen LogP contribution in [0.15, 0.2) is 60.9 Å². The Morgan fingerprint density at radius 3 is 2.93 bits per heavy atom. The van der Waals surface area contributed by atoms with Crippen LogP contribution >= 0.6 is 0 Å². The molecule has 1 amide bonds. The van der Waals surface area contributed by atoms with E-state index in [4.69, 9.17) is 4.74 Å². The highest BCUT2D eigenvalue weighted by Gasteiger charge is 2.11. The second kappa shape index (κ2) is 7.33. The van der Waals surface area contributed by atoms with E-state index in [2.05, 4.69) is 25.1 Å². The Morgan fingerprint density at radius 1 is 1.19 bits per heavy atom. The number of fused-ring (bicyclic) bond motifs is 1. The maximum Gasteiger partial charge on any atom is 0.269 e. The number of H-pyrrole nitrogens is 1. The lowest BCUT2D eigenvalue weighted by molar-refractivity contribution is 0.0947. The highest BCUT2D eigenvalue weighted by molar-refractivity contribution is 5.93. The number of aromatic nitrogens is 4. The Bertz CT molecular complexity index is 1070. The molecule has 3 heterocycles. The third kappa shape index (κ3) is 3.52. The number of hydrogen-bond acceptors (Lipinski definition) is 4. The van der Waals surface area contributed by atoms with Gasteiger partial charge < -0.3 is 14.6 Å². The van der Waals surface area contributed by atoms with E-state index < -0.39 is 0 Å². The molecule has 1 aromatic carbocycles. The van der Waals surface area contributed by atoms with Crippen molar-refractivity contribution in [1.82, 2.24) is 25.1 Å². The minimum Gasteiger partial charge on any atom is -0.497 e. The monoisotopic (exact) mass is 361 g/mol. The number of aromatic amines is 1. The van der Waals surface area contributed by atoms with Gasteiger partial charge in [0.25, 0.3) is 5.91 Å². The standard InChI is InChI=1S/C20H19N5O2/c1-27-15-5-6-19-14(12-15)7-10-25(19)11-9-22-20(26)18-13-17(23-24-18)16-4-2-3-8-21-16/h2-8,10,12-13H,9,11H2,1H3,(H,22,26)(H,23,24). The topological polar surface area (TPSA) is 84.8 Å². The minimum atomic E-state index is -0.192. The van der Waals surface area contributed by atoms with E-state index in [1.165, 1.54) is 0 Å². The van der Waals surface area contributed by atoms with Crippen molar-refractivity contribution in [2.24, 2.45) is 0 Å². The molecule has 0 aliphatic rings. The van der Waals surface area contributed by atoms with Gasteiger partial charge in [0.15, 0.2) is 0 Å². The largest absolute Gasteiger partial charge is 0.497 e. The van der Waals surface area contributed by atoms with Crippen molar-refractivity contribution in [1.29, 1.82) is 0 Å². The Hall–Kier alpha value is -3.61. The van der Waals surface area contributed by atoms with Gasteiger partial charge in [-0.1, -0.05) is 6.07 Å². The van der Waals surface area contributed by atoms with E-state index in [1.54, 1.807) is 19.4 Å². The molecule has 2 N–H and O–H groups in total. The summed E-state index contributed by atoms with van der Waals surface area (Å²) in [5.74, 6) is 0.638. The molecule has 3 aromatic heterocycles. The number of carbonyl (C=O) groups is 1. The van der Waals surface area contributed by atoms with Crippen LogP contribution in [0.2, 0.25) is 0 Å². The third-order valence-corrected chi connectivity index (χ3v) is 4.37. The number of hydrogen-bond donors (Lipinski definition) is 2. The van der Waals surface area contributed by atoms with Gasteiger partial charge in [0.05, 0.1) is 12.8 Å². The zero-order chi connectivity index (χ0) is 18.6. The fourth-order valence-corrected chi connectivity index (χ4v) is 2.97. The lowest BCUT2D eigenvalue weighted by atomic mass is 10.2. The van der Waals surface area contributed by atoms with E-state index in [0.29, 0.717) is 24.5 Å². The molecule has 0 saturated carbocycles. The second-order valence-electron chi connectivity index (χ2n) is 6.07. The molecule has 27 heavy (non-hydrogen) atoms. The number of benzene rings is 1. The van der Waals surface area contributed by atoms with E-state index in [0.717, 1.165) is 22.3 Å². The average molecular weight is 361 g/mol. The van der Waals surface area contributed by atoms with Crippen molar-refractivity contribution in [3.05, 3.63) is 66.6 Å². The van der Waals surface area contributed by atoms with Gasteiger partial charge in [-0.25, -0.2) is 0 Å². The Morgan fingerprint density at radius 2 is 2.11 bits per heavy atom. The maximum absolute atomic E-state index is 12.3. The molecule has 0 saturated heterocycles. The van der Waals surface area contributed by atoms with Crippen molar-refractivity contribution < 1.29 is 9.53 Å². The molecule has 4 aromatic rings. The molecule has 136 valence electrons. The molecule has 4 rings (SSSR count). The summed E-state index contributed by atoms with van der Waals surface area (Å²) in [6.07, 6.45) is 3.70. The van der Waals surface area contributed by atoms with Crippen LogP contribution in [0.3, 0.4) is 0 Å². The van der Waals surface area contributed by atoms with Crippen LogP contribution in [0, 0.1) is 0 Å². The molecule has 0 aliphatic heterocycles. The van der Waals surface area contributed by atoms with Crippen LogP contribution in [0.5, 0.6) is 5.75 Å². The van der Waals surface area contributed by atoms with Gasteiger partial charge in [-0.3, -0.25) is 14.9 Å². The summed E-state index contributed by atoms with van der Waals surface area (Å²) >= 11 is 0. The van der Waals surface area contributed by atoms with Crippen LogP contribution in [-0.4, -0.2) is 39.3 Å². The molecule has 0 radical (unpaired) electrons. The van der Waals surface area contributed by atoms with Gasteiger partial charge >= 0.3 is 0 Å². The minimum absolute atomic E-state index is 0.192. The first-order valence-electron chi connectivity index (χ1n) is 8.62. The summed E-state index contributed by atoms with van der Waals surface area (Å²) in [5.41, 5.74) is 2.88. The number of carbonyl (C=O) groups excluding carboxylic acids is 1. The summed E-state index contributed by atoms with van der Waals surface area (Å²) < 4.78 is 7.35. The van der Waals surface area contributed by atoms with Gasteiger partial charge in [-0.05, 0) is 42.5 Å². The van der Waals surface area contributed by atoms with E-state index in [9.17, 15) is 4.79 Å². The van der Waals surface area contributed by atoms with Gasteiger partial charge in [-0.15, -0.1) is 0 Å². The second-order valence-corrected chi connectivity index (χ2v) is 6.07. The molecule has 0 atom stereocenters. The number of rotatable bonds is 6.